The Bertz CT molecular complexity index is 909. The molecule has 4 bridgehead atoms. The molecular formula is C23H25NO5. The number of hydrogen-bond acceptors (Lipinski definition) is 6. The van der Waals surface area contributed by atoms with Crippen LogP contribution in [0.5, 0.6) is 11.5 Å². The molecule has 5 aliphatic rings. The van der Waals surface area contributed by atoms with Gasteiger partial charge in [-0.05, 0) is 80.1 Å². The minimum atomic E-state index is -0.418. The third-order valence-corrected chi connectivity index (χ3v) is 6.86. The average molecular weight is 395 g/mol. The number of esters is 2. The normalized spacial score (nSPS) is 33.6. The molecule has 0 saturated heterocycles. The Morgan fingerprint density at radius 1 is 1.14 bits per heavy atom. The molecule has 6 nitrogen and oxygen atoms in total. The highest BCUT2D eigenvalue weighted by Crippen LogP contribution is 2.61. The zero-order chi connectivity index (χ0) is 20.2. The smallest absolute Gasteiger partial charge is 0.363 e. The van der Waals surface area contributed by atoms with Gasteiger partial charge in [-0.15, -0.1) is 0 Å². The molecule has 0 aromatic heterocycles. The molecule has 1 aromatic carbocycles. The molecule has 0 amide bonds. The standard InChI is InChI=1S/C23H25NO5/c1-13(25)28-19-4-3-14(9-20(19)27-2)8-18-21(26)29-22(24-18)23-10-15-5-16(11-23)7-17(6-15)12-23/h3-4,8-9,15-17H,5-7,10-12H2,1-2H3/b18-8-. The summed E-state index contributed by atoms with van der Waals surface area (Å²) in [7, 11) is 1.51. The van der Waals surface area contributed by atoms with Gasteiger partial charge in [0.1, 0.15) is 0 Å². The van der Waals surface area contributed by atoms with Crippen molar-refractivity contribution in [3.63, 3.8) is 0 Å². The topological polar surface area (TPSA) is 74.2 Å². The molecule has 0 N–H and O–H groups in total. The largest absolute Gasteiger partial charge is 0.493 e. The van der Waals surface area contributed by atoms with Crippen LogP contribution in [0, 0.1) is 23.2 Å². The second-order valence-electron chi connectivity index (χ2n) is 9.04. The van der Waals surface area contributed by atoms with Crippen LogP contribution in [0.1, 0.15) is 51.0 Å². The van der Waals surface area contributed by atoms with Crippen LogP contribution in [-0.2, 0) is 14.3 Å². The summed E-state index contributed by atoms with van der Waals surface area (Å²) in [5.74, 6) is 2.87. The van der Waals surface area contributed by atoms with Crippen LogP contribution in [0.3, 0.4) is 0 Å². The van der Waals surface area contributed by atoms with Crippen LogP contribution >= 0.6 is 0 Å². The number of cyclic esters (lactones) is 1. The maximum Gasteiger partial charge on any atom is 0.363 e. The van der Waals surface area contributed by atoms with Gasteiger partial charge in [0, 0.05) is 12.3 Å². The Morgan fingerprint density at radius 2 is 1.79 bits per heavy atom. The van der Waals surface area contributed by atoms with Gasteiger partial charge < -0.3 is 14.2 Å². The summed E-state index contributed by atoms with van der Waals surface area (Å²) in [4.78, 5) is 28.4. The Morgan fingerprint density at radius 3 is 2.38 bits per heavy atom. The first-order chi connectivity index (χ1) is 13.9. The average Bonchev–Trinajstić information content (AvgIpc) is 3.03. The number of aliphatic imine (C=N–C) groups is 1. The van der Waals surface area contributed by atoms with Crippen LogP contribution < -0.4 is 9.47 Å². The summed E-state index contributed by atoms with van der Waals surface area (Å²) in [6.45, 7) is 1.34. The molecule has 1 heterocycles. The van der Waals surface area contributed by atoms with E-state index in [4.69, 9.17) is 14.2 Å². The molecule has 0 radical (unpaired) electrons. The predicted octanol–water partition coefficient (Wildman–Crippen LogP) is 4.13. The van der Waals surface area contributed by atoms with Gasteiger partial charge in [0.15, 0.2) is 17.2 Å². The fourth-order valence-electron chi connectivity index (χ4n) is 6.18. The molecular weight excluding hydrogens is 370 g/mol. The Hall–Kier alpha value is -2.63. The molecule has 1 aliphatic heterocycles. The zero-order valence-electron chi connectivity index (χ0n) is 16.8. The second-order valence-corrected chi connectivity index (χ2v) is 9.04. The Labute approximate surface area is 169 Å². The maximum atomic E-state index is 12.5. The number of methoxy groups -OCH3 is 1. The van der Waals surface area contributed by atoms with E-state index in [0.717, 1.165) is 42.6 Å². The first-order valence-electron chi connectivity index (χ1n) is 10.3. The Balaban J connectivity index is 1.43. The first kappa shape index (κ1) is 18.4. The lowest BCUT2D eigenvalue weighted by molar-refractivity contribution is -0.132. The van der Waals surface area contributed by atoms with Gasteiger partial charge in [-0.2, -0.15) is 0 Å². The SMILES string of the molecule is COc1cc(/C=C2\N=C(C34CC5CC(CC(C5)C3)C4)OC2=O)ccc1OC(C)=O. The van der Waals surface area contributed by atoms with Crippen LogP contribution in [0.25, 0.3) is 6.08 Å². The molecule has 0 atom stereocenters. The summed E-state index contributed by atoms with van der Waals surface area (Å²) in [6, 6.07) is 5.13. The molecule has 4 aliphatic carbocycles. The summed E-state index contributed by atoms with van der Waals surface area (Å²) in [5, 5.41) is 0. The zero-order valence-corrected chi connectivity index (χ0v) is 16.8. The number of ether oxygens (including phenoxy) is 3. The van der Waals surface area contributed by atoms with E-state index in [9.17, 15) is 9.59 Å². The number of benzene rings is 1. The quantitative estimate of drug-likeness (QED) is 0.435. The number of hydrogen-bond donors (Lipinski definition) is 0. The first-order valence-corrected chi connectivity index (χ1v) is 10.3. The van der Waals surface area contributed by atoms with Gasteiger partial charge in [-0.25, -0.2) is 9.79 Å². The van der Waals surface area contributed by atoms with Crippen molar-refractivity contribution in [3.8, 4) is 11.5 Å². The van der Waals surface area contributed by atoms with E-state index in [1.54, 1.807) is 24.3 Å². The molecule has 0 spiro atoms. The lowest BCUT2D eigenvalue weighted by Gasteiger charge is -2.55. The monoisotopic (exact) mass is 395 g/mol. The van der Waals surface area contributed by atoms with E-state index >= 15 is 0 Å². The number of carbonyl (C=O) groups excluding carboxylic acids is 2. The predicted molar refractivity (Wildman–Crippen MR) is 106 cm³/mol. The van der Waals surface area contributed by atoms with Crippen molar-refractivity contribution < 1.29 is 23.8 Å². The van der Waals surface area contributed by atoms with Crippen molar-refractivity contribution in [1.82, 2.24) is 0 Å². The van der Waals surface area contributed by atoms with Crippen molar-refractivity contribution in [3.05, 3.63) is 29.5 Å². The Kier molecular flexibility index (Phi) is 4.26. The molecule has 152 valence electrons. The number of rotatable bonds is 4. The van der Waals surface area contributed by atoms with E-state index in [-0.39, 0.29) is 5.41 Å². The van der Waals surface area contributed by atoms with Crippen molar-refractivity contribution in [2.45, 2.75) is 45.4 Å². The van der Waals surface area contributed by atoms with Gasteiger partial charge in [0.2, 0.25) is 5.90 Å². The lowest BCUT2D eigenvalue weighted by atomic mass is 9.49. The van der Waals surface area contributed by atoms with Crippen LogP contribution in [0.15, 0.2) is 28.9 Å². The van der Waals surface area contributed by atoms with Crippen LogP contribution in [0.4, 0.5) is 0 Å². The summed E-state index contributed by atoms with van der Waals surface area (Å²) in [5.41, 5.74) is 1.01. The number of nitrogens with zero attached hydrogens (tertiary/aromatic N) is 1. The van der Waals surface area contributed by atoms with Crippen molar-refractivity contribution in [2.24, 2.45) is 28.2 Å². The van der Waals surface area contributed by atoms with Gasteiger partial charge in [-0.3, -0.25) is 4.79 Å². The summed E-state index contributed by atoms with van der Waals surface area (Å²) in [6.07, 6.45) is 9.00. The molecule has 1 aromatic rings. The van der Waals surface area contributed by atoms with Crippen molar-refractivity contribution in [1.29, 1.82) is 0 Å². The van der Waals surface area contributed by atoms with Crippen LogP contribution in [-0.4, -0.2) is 24.9 Å². The minimum Gasteiger partial charge on any atom is -0.493 e. The molecule has 4 fully saturated rings. The number of carbonyl (C=O) groups is 2. The second kappa shape index (κ2) is 6.71. The highest BCUT2D eigenvalue weighted by Gasteiger charge is 2.55. The highest BCUT2D eigenvalue weighted by molar-refractivity contribution is 6.09. The van der Waals surface area contributed by atoms with Gasteiger partial charge in [-0.1, -0.05) is 6.07 Å². The van der Waals surface area contributed by atoms with Gasteiger partial charge >= 0.3 is 11.9 Å². The molecule has 0 unspecified atom stereocenters. The lowest BCUT2D eigenvalue weighted by Crippen LogP contribution is -2.50. The van der Waals surface area contributed by atoms with Gasteiger partial charge in [0.25, 0.3) is 0 Å². The summed E-state index contributed by atoms with van der Waals surface area (Å²) >= 11 is 0. The fraction of sp³-hybridized carbons (Fsp3) is 0.522. The minimum absolute atomic E-state index is 0.0448. The fourth-order valence-corrected chi connectivity index (χ4v) is 6.18. The molecule has 6 rings (SSSR count). The van der Waals surface area contributed by atoms with E-state index in [2.05, 4.69) is 4.99 Å². The van der Waals surface area contributed by atoms with E-state index in [0.29, 0.717) is 23.1 Å². The molecule has 29 heavy (non-hydrogen) atoms. The van der Waals surface area contributed by atoms with E-state index < -0.39 is 11.9 Å². The van der Waals surface area contributed by atoms with Gasteiger partial charge in [0.05, 0.1) is 7.11 Å². The highest BCUT2D eigenvalue weighted by atomic mass is 16.6. The van der Waals surface area contributed by atoms with Crippen LogP contribution in [0.2, 0.25) is 0 Å². The van der Waals surface area contributed by atoms with Crippen molar-refractivity contribution >= 4 is 23.9 Å². The molecule has 4 saturated carbocycles. The maximum absolute atomic E-state index is 12.5. The van der Waals surface area contributed by atoms with Crippen molar-refractivity contribution in [2.75, 3.05) is 7.11 Å². The summed E-state index contributed by atoms with van der Waals surface area (Å²) < 4.78 is 16.1. The third kappa shape index (κ3) is 3.24. The van der Waals surface area contributed by atoms with E-state index in [1.807, 2.05) is 0 Å². The molecule has 6 heteroatoms. The van der Waals surface area contributed by atoms with E-state index in [1.165, 1.54) is 33.3 Å². The third-order valence-electron chi connectivity index (χ3n) is 6.86.